The quantitative estimate of drug-likeness (QED) is 0.0590. The van der Waals surface area contributed by atoms with Gasteiger partial charge in [-0.2, -0.15) is 0 Å². The Hall–Kier alpha value is -3.77. The maximum Gasteiger partial charge on any atom is 0.510 e. The van der Waals surface area contributed by atoms with Crippen LogP contribution in [0.25, 0.3) is 0 Å². The number of esters is 1. The molecule has 0 bridgehead atoms. The molecule has 1 aromatic rings. The third-order valence-corrected chi connectivity index (χ3v) is 13.4. The van der Waals surface area contributed by atoms with Gasteiger partial charge < -0.3 is 38.4 Å². The number of hydrogen-bond acceptors (Lipinski definition) is 14. The number of carbonyl (C=O) groups excluding carboxylic acids is 5. The van der Waals surface area contributed by atoms with E-state index in [1.165, 1.54) is 19.4 Å². The third-order valence-electron chi connectivity index (χ3n) is 7.24. The zero-order valence-corrected chi connectivity index (χ0v) is 31.8. The molecule has 1 aliphatic heterocycles. The van der Waals surface area contributed by atoms with E-state index >= 15 is 0 Å². The minimum atomic E-state index is -2.52. The number of thiazole rings is 1. The van der Waals surface area contributed by atoms with Gasteiger partial charge in [-0.15, -0.1) is 11.3 Å². The smallest absolute Gasteiger partial charge is 0.457 e. The molecule has 1 unspecified atom stereocenters. The molecule has 0 saturated carbocycles. The van der Waals surface area contributed by atoms with E-state index in [-0.39, 0.29) is 28.4 Å². The van der Waals surface area contributed by atoms with Crippen molar-refractivity contribution >= 4 is 60.4 Å². The number of β-lactam (4-membered cyclic amide) rings is 1. The Bertz CT molecular complexity index is 1380. The highest BCUT2D eigenvalue weighted by Gasteiger charge is 2.58. The van der Waals surface area contributed by atoms with Crippen molar-refractivity contribution in [3.63, 3.8) is 0 Å². The minimum Gasteiger partial charge on any atom is -0.457 e. The van der Waals surface area contributed by atoms with Crippen molar-refractivity contribution in [1.82, 2.24) is 14.9 Å². The number of nitrogens with one attached hydrogen (secondary N) is 2. The molecule has 48 heavy (non-hydrogen) atoms. The molecule has 2 N–H and O–H groups in total. The second-order valence-electron chi connectivity index (χ2n) is 14.5. The van der Waals surface area contributed by atoms with Crippen molar-refractivity contribution in [3.05, 3.63) is 11.1 Å². The van der Waals surface area contributed by atoms with E-state index in [4.69, 9.17) is 28.5 Å². The van der Waals surface area contributed by atoms with Crippen LogP contribution in [-0.4, -0.2) is 103 Å². The van der Waals surface area contributed by atoms with Crippen molar-refractivity contribution < 1.29 is 52.5 Å². The SMILES string of the molecule is COC(C)OC(=O)OC[C@H]1[C@@H](NC(=O)/C(=N\OCC(=O)OC(C)(C)C)c2csc(NC(=O)OC(C)(C)C)n2)C(=O)N1[Si](C)(C)C(C)(C)C. The molecule has 18 heteroatoms. The standard InChI is InChI=1S/C30H49N5O11SSi/c1-17(41-11)44-27(40)42-14-19-22(24(38)35(19)48(12,13)30(8,9)10)32-23(37)21(34-43-15-20(36)45-28(2,3)4)18-16-47-25(31-18)33-26(39)46-29(5,6)7/h16-17,19,22H,14-15H2,1-13H3,(H,32,37)(H,31,33,39)/b34-21-/t17?,19-,22+/m0/s1. The third kappa shape index (κ3) is 11.4. The largest absolute Gasteiger partial charge is 0.510 e. The molecule has 0 aromatic carbocycles. The molecule has 1 aliphatic rings. The van der Waals surface area contributed by atoms with E-state index in [0.29, 0.717) is 0 Å². The number of ether oxygens (including phenoxy) is 5. The van der Waals surface area contributed by atoms with E-state index in [1.807, 2.05) is 33.9 Å². The summed E-state index contributed by atoms with van der Waals surface area (Å²) in [5.74, 6) is -1.98. The number of nitrogens with zero attached hydrogens (tertiary/aromatic N) is 3. The van der Waals surface area contributed by atoms with Crippen LogP contribution in [0.3, 0.4) is 0 Å². The number of hydrogen-bond donors (Lipinski definition) is 2. The second-order valence-corrected chi connectivity index (χ2v) is 20.4. The first-order valence-electron chi connectivity index (χ1n) is 15.2. The van der Waals surface area contributed by atoms with Gasteiger partial charge in [-0.1, -0.05) is 39.0 Å². The van der Waals surface area contributed by atoms with Crippen LogP contribution < -0.4 is 10.6 Å². The first-order valence-corrected chi connectivity index (χ1v) is 19.1. The highest BCUT2D eigenvalue weighted by Crippen LogP contribution is 2.43. The number of amides is 3. The Morgan fingerprint density at radius 2 is 1.65 bits per heavy atom. The molecule has 2 rings (SSSR count). The molecular formula is C30H49N5O11SSi. The van der Waals surface area contributed by atoms with E-state index < -0.39 is 74.3 Å². The van der Waals surface area contributed by atoms with Crippen molar-refractivity contribution in [2.75, 3.05) is 25.6 Å². The molecule has 1 saturated heterocycles. The lowest BCUT2D eigenvalue weighted by Crippen LogP contribution is -2.80. The molecule has 0 radical (unpaired) electrons. The second kappa shape index (κ2) is 15.6. The molecular weight excluding hydrogens is 667 g/mol. The lowest BCUT2D eigenvalue weighted by Gasteiger charge is -2.57. The van der Waals surface area contributed by atoms with Crippen LogP contribution >= 0.6 is 11.3 Å². The maximum atomic E-state index is 13.7. The molecule has 16 nitrogen and oxygen atoms in total. The number of carbonyl (C=O) groups is 5. The lowest BCUT2D eigenvalue weighted by molar-refractivity contribution is -0.160. The summed E-state index contributed by atoms with van der Waals surface area (Å²) in [6, 6.07) is -1.86. The minimum absolute atomic E-state index is 0.0225. The van der Waals surface area contributed by atoms with E-state index in [9.17, 15) is 24.0 Å². The predicted molar refractivity (Wildman–Crippen MR) is 179 cm³/mol. The number of oxime groups is 1. The number of aromatic nitrogens is 1. The van der Waals surface area contributed by atoms with Gasteiger partial charge in [0.25, 0.3) is 5.91 Å². The fourth-order valence-electron chi connectivity index (χ4n) is 4.06. The van der Waals surface area contributed by atoms with Gasteiger partial charge in [0.1, 0.15) is 29.5 Å². The van der Waals surface area contributed by atoms with Gasteiger partial charge in [-0.05, 0) is 53.5 Å². The van der Waals surface area contributed by atoms with Crippen molar-refractivity contribution in [2.45, 2.75) is 117 Å². The van der Waals surface area contributed by atoms with E-state index in [2.05, 4.69) is 20.8 Å². The van der Waals surface area contributed by atoms with Gasteiger partial charge >= 0.3 is 18.2 Å². The average Bonchev–Trinajstić information content (AvgIpc) is 3.36. The molecule has 1 aromatic heterocycles. The number of anilines is 1. The summed E-state index contributed by atoms with van der Waals surface area (Å²) in [5.41, 5.74) is -1.96. The maximum absolute atomic E-state index is 13.7. The molecule has 0 aliphatic carbocycles. The van der Waals surface area contributed by atoms with Gasteiger partial charge in [-0.25, -0.2) is 19.4 Å². The van der Waals surface area contributed by atoms with Gasteiger partial charge in [0.2, 0.25) is 18.8 Å². The summed E-state index contributed by atoms with van der Waals surface area (Å²) >= 11 is 0.979. The zero-order valence-electron chi connectivity index (χ0n) is 30.0. The van der Waals surface area contributed by atoms with Gasteiger partial charge in [0.05, 0.1) is 6.04 Å². The topological polar surface area (TPSA) is 193 Å². The molecule has 3 amide bonds. The van der Waals surface area contributed by atoms with Crippen molar-refractivity contribution in [2.24, 2.45) is 5.16 Å². The Labute approximate surface area is 286 Å². The van der Waals surface area contributed by atoms with E-state index in [1.54, 1.807) is 46.1 Å². The Kier molecular flexibility index (Phi) is 13.2. The monoisotopic (exact) mass is 715 g/mol. The highest BCUT2D eigenvalue weighted by molar-refractivity contribution is 7.14. The van der Waals surface area contributed by atoms with Crippen LogP contribution in [0.15, 0.2) is 10.5 Å². The predicted octanol–water partition coefficient (Wildman–Crippen LogP) is 4.40. The Balaban J connectivity index is 2.38. The van der Waals surface area contributed by atoms with Gasteiger partial charge in [0, 0.05) is 12.5 Å². The highest BCUT2D eigenvalue weighted by atomic mass is 32.1. The van der Waals surface area contributed by atoms with Gasteiger partial charge in [-0.3, -0.25) is 14.9 Å². The molecule has 270 valence electrons. The van der Waals surface area contributed by atoms with Crippen LogP contribution in [0.1, 0.15) is 74.9 Å². The number of rotatable bonds is 12. The summed E-state index contributed by atoms with van der Waals surface area (Å²) in [6.07, 6.45) is -2.63. The van der Waals surface area contributed by atoms with Crippen molar-refractivity contribution in [1.29, 1.82) is 0 Å². The Morgan fingerprint density at radius 3 is 2.19 bits per heavy atom. The van der Waals surface area contributed by atoms with Crippen LogP contribution in [0.5, 0.6) is 0 Å². The fourth-order valence-corrected chi connectivity index (χ4v) is 7.21. The summed E-state index contributed by atoms with van der Waals surface area (Å²) < 4.78 is 27.5. The average molecular weight is 716 g/mol. The zero-order chi connectivity index (χ0) is 36.8. The first-order chi connectivity index (χ1) is 21.9. The van der Waals surface area contributed by atoms with E-state index in [0.717, 1.165) is 11.3 Å². The lowest BCUT2D eigenvalue weighted by atomic mass is 9.99. The molecule has 1 fully saturated rings. The van der Waals surface area contributed by atoms with Crippen LogP contribution in [-0.2, 0) is 42.9 Å². The summed E-state index contributed by atoms with van der Waals surface area (Å²) in [5, 5.41) is 10.3. The summed E-state index contributed by atoms with van der Waals surface area (Å²) in [4.78, 5) is 73.7. The van der Waals surface area contributed by atoms with Crippen molar-refractivity contribution in [3.8, 4) is 0 Å². The van der Waals surface area contributed by atoms with Crippen LogP contribution in [0.2, 0.25) is 18.1 Å². The molecule has 2 heterocycles. The normalized spacial score (nSPS) is 17.9. The summed E-state index contributed by atoms with van der Waals surface area (Å²) in [7, 11) is -1.16. The van der Waals surface area contributed by atoms with Crippen LogP contribution in [0.4, 0.5) is 14.7 Å². The van der Waals surface area contributed by atoms with Crippen LogP contribution in [0, 0.1) is 0 Å². The van der Waals surface area contributed by atoms with Gasteiger partial charge in [0.15, 0.2) is 19.1 Å². The first kappa shape index (κ1) is 40.4. The fraction of sp³-hybridized carbons (Fsp3) is 0.700. The molecule has 3 atom stereocenters. The summed E-state index contributed by atoms with van der Waals surface area (Å²) in [6.45, 7) is 20.8. The Morgan fingerprint density at radius 1 is 1.04 bits per heavy atom. The number of methoxy groups -OCH3 is 1. The molecule has 0 spiro atoms.